The molecule has 1 atom stereocenters. The van der Waals surface area contributed by atoms with Crippen molar-refractivity contribution >= 4 is 5.91 Å². The van der Waals surface area contributed by atoms with Crippen LogP contribution in [0.5, 0.6) is 0 Å². The molecule has 6 nitrogen and oxygen atoms in total. The molecular weight excluding hydrogens is 338 g/mol. The number of carbonyl (C=O) groups excluding carboxylic acids is 1. The minimum absolute atomic E-state index is 0.0329. The van der Waals surface area contributed by atoms with E-state index in [1.807, 2.05) is 11.1 Å². The van der Waals surface area contributed by atoms with E-state index in [1.165, 1.54) is 0 Å². The van der Waals surface area contributed by atoms with Gasteiger partial charge in [-0.15, -0.1) is 0 Å². The molecule has 2 aromatic rings. The van der Waals surface area contributed by atoms with Crippen molar-refractivity contribution in [2.45, 2.75) is 45.3 Å². The Kier molecular flexibility index (Phi) is 4.71. The molecule has 0 bridgehead atoms. The summed E-state index contributed by atoms with van der Waals surface area (Å²) in [6.45, 7) is 5.51. The fourth-order valence-corrected chi connectivity index (χ4v) is 4.34. The molecule has 1 saturated carbocycles. The fraction of sp³-hybridized carbons (Fsp3) is 0.476. The van der Waals surface area contributed by atoms with Crippen molar-refractivity contribution in [1.82, 2.24) is 19.8 Å². The first-order chi connectivity index (χ1) is 13.2. The van der Waals surface area contributed by atoms with Gasteiger partial charge in [-0.1, -0.05) is 0 Å². The summed E-state index contributed by atoms with van der Waals surface area (Å²) in [6, 6.07) is 9.33. The second kappa shape index (κ2) is 7.16. The van der Waals surface area contributed by atoms with Crippen LogP contribution in [0.4, 0.5) is 0 Å². The van der Waals surface area contributed by atoms with Gasteiger partial charge in [0.15, 0.2) is 0 Å². The smallest absolute Gasteiger partial charge is 0.254 e. The first-order valence-corrected chi connectivity index (χ1v) is 9.69. The number of rotatable bonds is 5. The molecule has 1 amide bonds. The molecule has 1 aliphatic heterocycles. The Morgan fingerprint density at radius 3 is 2.78 bits per heavy atom. The van der Waals surface area contributed by atoms with Crippen LogP contribution in [0.3, 0.4) is 0 Å². The summed E-state index contributed by atoms with van der Waals surface area (Å²) in [6.07, 6.45) is 7.08. The van der Waals surface area contributed by atoms with Crippen molar-refractivity contribution in [1.29, 1.82) is 5.26 Å². The molecule has 1 saturated heterocycles. The highest BCUT2D eigenvalue weighted by Crippen LogP contribution is 2.56. The lowest BCUT2D eigenvalue weighted by atomic mass is 9.93. The second-order valence-electron chi connectivity index (χ2n) is 7.58. The normalized spacial score (nSPS) is 20.2. The van der Waals surface area contributed by atoms with E-state index in [0.717, 1.165) is 44.7 Å². The van der Waals surface area contributed by atoms with Gasteiger partial charge in [0, 0.05) is 30.5 Å². The van der Waals surface area contributed by atoms with E-state index in [1.54, 1.807) is 30.5 Å². The minimum atomic E-state index is 0.0329. The van der Waals surface area contributed by atoms with Crippen LogP contribution in [0, 0.1) is 16.7 Å². The summed E-state index contributed by atoms with van der Waals surface area (Å²) >= 11 is 0. The molecule has 2 fully saturated rings. The van der Waals surface area contributed by atoms with Crippen LogP contribution in [-0.4, -0.2) is 39.5 Å². The molecule has 27 heavy (non-hydrogen) atoms. The second-order valence-corrected chi connectivity index (χ2v) is 7.58. The molecule has 1 aromatic carbocycles. The number of amides is 1. The molecule has 2 aliphatic rings. The number of hydrogen-bond acceptors (Lipinski definition) is 4. The maximum absolute atomic E-state index is 13.4. The standard InChI is InChI=1S/C21H25N5O/c1-2-25-12-11-24-19(25)15-26(18-13-21(18)7-9-23-10-8-21)20(27)17-5-3-16(14-22)4-6-17/h3-6,11-12,18,23H,2,7-10,13,15H2,1H3/t18-/m1/s1. The van der Waals surface area contributed by atoms with Crippen molar-refractivity contribution in [3.05, 3.63) is 53.6 Å². The SMILES string of the molecule is CCn1ccnc1CN(C(=O)c1ccc(C#N)cc1)[C@@H]1CC12CCNCC2. The highest BCUT2D eigenvalue weighted by atomic mass is 16.2. The third-order valence-corrected chi connectivity index (χ3v) is 6.10. The predicted octanol–water partition coefficient (Wildman–Crippen LogP) is 2.56. The lowest BCUT2D eigenvalue weighted by Gasteiger charge is -2.29. The molecular formula is C21H25N5O. The third-order valence-electron chi connectivity index (χ3n) is 6.10. The first kappa shape index (κ1) is 17.7. The number of nitrogens with zero attached hydrogens (tertiary/aromatic N) is 4. The first-order valence-electron chi connectivity index (χ1n) is 9.69. The average Bonchev–Trinajstić information content (AvgIpc) is 3.19. The summed E-state index contributed by atoms with van der Waals surface area (Å²) in [5.74, 6) is 0.959. The van der Waals surface area contributed by atoms with Crippen LogP contribution >= 0.6 is 0 Å². The fourth-order valence-electron chi connectivity index (χ4n) is 4.34. The lowest BCUT2D eigenvalue weighted by molar-refractivity contribution is 0.0685. The number of nitrogens with one attached hydrogen (secondary N) is 1. The Labute approximate surface area is 159 Å². The average molecular weight is 363 g/mol. The number of benzene rings is 1. The van der Waals surface area contributed by atoms with E-state index < -0.39 is 0 Å². The number of aromatic nitrogens is 2. The number of carbonyl (C=O) groups is 1. The van der Waals surface area contributed by atoms with Gasteiger partial charge in [-0.3, -0.25) is 4.79 Å². The Balaban J connectivity index is 1.61. The molecule has 1 aliphatic carbocycles. The molecule has 1 N–H and O–H groups in total. The zero-order valence-corrected chi connectivity index (χ0v) is 15.7. The minimum Gasteiger partial charge on any atom is -0.334 e. The molecule has 140 valence electrons. The van der Waals surface area contributed by atoms with Crippen molar-refractivity contribution in [2.24, 2.45) is 5.41 Å². The van der Waals surface area contributed by atoms with Crippen LogP contribution < -0.4 is 5.32 Å². The Hall–Kier alpha value is -2.65. The molecule has 1 spiro atoms. The van der Waals surface area contributed by atoms with E-state index in [-0.39, 0.29) is 17.4 Å². The highest BCUT2D eigenvalue weighted by Gasteiger charge is 2.57. The van der Waals surface area contributed by atoms with Gasteiger partial charge in [0.25, 0.3) is 5.91 Å². The van der Waals surface area contributed by atoms with Crippen molar-refractivity contribution in [2.75, 3.05) is 13.1 Å². The van der Waals surface area contributed by atoms with Crippen LogP contribution in [0.15, 0.2) is 36.7 Å². The number of nitriles is 1. The maximum atomic E-state index is 13.4. The Morgan fingerprint density at radius 2 is 2.11 bits per heavy atom. The number of aryl methyl sites for hydroxylation is 1. The van der Waals surface area contributed by atoms with Crippen molar-refractivity contribution in [3.63, 3.8) is 0 Å². The summed E-state index contributed by atoms with van der Waals surface area (Å²) < 4.78 is 2.09. The summed E-state index contributed by atoms with van der Waals surface area (Å²) in [4.78, 5) is 19.9. The van der Waals surface area contributed by atoms with Gasteiger partial charge in [-0.25, -0.2) is 4.98 Å². The van der Waals surface area contributed by atoms with E-state index in [2.05, 4.69) is 27.9 Å². The number of piperidine rings is 1. The van der Waals surface area contributed by atoms with Crippen LogP contribution in [0.25, 0.3) is 0 Å². The van der Waals surface area contributed by atoms with Crippen molar-refractivity contribution < 1.29 is 4.79 Å². The quantitative estimate of drug-likeness (QED) is 0.886. The van der Waals surface area contributed by atoms with Gasteiger partial charge in [-0.05, 0) is 69.0 Å². The Bertz CT molecular complexity index is 857. The number of hydrogen-bond donors (Lipinski definition) is 1. The van der Waals surface area contributed by atoms with E-state index in [0.29, 0.717) is 17.7 Å². The van der Waals surface area contributed by atoms with Gasteiger partial charge in [0.1, 0.15) is 5.82 Å². The van der Waals surface area contributed by atoms with Crippen LogP contribution in [-0.2, 0) is 13.1 Å². The summed E-state index contributed by atoms with van der Waals surface area (Å²) in [7, 11) is 0. The zero-order chi connectivity index (χ0) is 18.9. The molecule has 0 unspecified atom stereocenters. The Morgan fingerprint density at radius 1 is 1.37 bits per heavy atom. The van der Waals surface area contributed by atoms with Crippen LogP contribution in [0.1, 0.15) is 47.9 Å². The van der Waals surface area contributed by atoms with E-state index >= 15 is 0 Å². The molecule has 4 rings (SSSR count). The van der Waals surface area contributed by atoms with E-state index in [4.69, 9.17) is 5.26 Å². The van der Waals surface area contributed by atoms with Gasteiger partial charge in [0.2, 0.25) is 0 Å². The highest BCUT2D eigenvalue weighted by molar-refractivity contribution is 5.94. The van der Waals surface area contributed by atoms with Gasteiger partial charge < -0.3 is 14.8 Å². The van der Waals surface area contributed by atoms with Gasteiger partial charge in [0.05, 0.1) is 18.2 Å². The van der Waals surface area contributed by atoms with Gasteiger partial charge in [-0.2, -0.15) is 5.26 Å². The molecule has 6 heteroatoms. The molecule has 1 aromatic heterocycles. The third kappa shape index (κ3) is 3.35. The van der Waals surface area contributed by atoms with Crippen LogP contribution in [0.2, 0.25) is 0 Å². The predicted molar refractivity (Wildman–Crippen MR) is 102 cm³/mol. The molecule has 2 heterocycles. The lowest BCUT2D eigenvalue weighted by Crippen LogP contribution is -2.39. The molecule has 0 radical (unpaired) electrons. The zero-order valence-electron chi connectivity index (χ0n) is 15.7. The summed E-state index contributed by atoms with van der Waals surface area (Å²) in [5.41, 5.74) is 1.47. The van der Waals surface area contributed by atoms with Gasteiger partial charge >= 0.3 is 0 Å². The monoisotopic (exact) mass is 363 g/mol. The summed E-state index contributed by atoms with van der Waals surface area (Å²) in [5, 5.41) is 12.4. The number of imidazole rings is 1. The largest absolute Gasteiger partial charge is 0.334 e. The van der Waals surface area contributed by atoms with E-state index in [9.17, 15) is 4.79 Å². The topological polar surface area (TPSA) is 74.0 Å². The maximum Gasteiger partial charge on any atom is 0.254 e. The van der Waals surface area contributed by atoms with Crippen molar-refractivity contribution in [3.8, 4) is 6.07 Å².